The largest absolute Gasteiger partial charge is 0.492 e. The van der Waals surface area contributed by atoms with Gasteiger partial charge < -0.3 is 20.5 Å². The second-order valence-electron chi connectivity index (χ2n) is 4.71. The van der Waals surface area contributed by atoms with E-state index < -0.39 is 0 Å². The van der Waals surface area contributed by atoms with Gasteiger partial charge in [0.15, 0.2) is 0 Å². The average Bonchev–Trinajstić information content (AvgIpc) is 2.43. The molecule has 0 atom stereocenters. The van der Waals surface area contributed by atoms with E-state index in [9.17, 15) is 0 Å². The molecule has 0 unspecified atom stereocenters. The fourth-order valence-electron chi connectivity index (χ4n) is 2.37. The van der Waals surface area contributed by atoms with Gasteiger partial charge in [-0.25, -0.2) is 0 Å². The van der Waals surface area contributed by atoms with E-state index in [1.165, 1.54) is 0 Å². The molecular weight excluding hydrogens is 242 g/mol. The van der Waals surface area contributed by atoms with Crippen LogP contribution in [0.2, 0.25) is 0 Å². The third-order valence-corrected chi connectivity index (χ3v) is 3.45. The van der Waals surface area contributed by atoms with Crippen molar-refractivity contribution in [1.82, 2.24) is 4.90 Å². The minimum atomic E-state index is 0.232. The molecule has 0 bridgehead atoms. The zero-order chi connectivity index (χ0) is 13.7. The molecule has 1 aromatic carbocycles. The van der Waals surface area contributed by atoms with Crippen molar-refractivity contribution in [3.63, 3.8) is 0 Å². The van der Waals surface area contributed by atoms with Crippen LogP contribution in [0.25, 0.3) is 0 Å². The Morgan fingerprint density at radius 2 is 2.00 bits per heavy atom. The second-order valence-corrected chi connectivity index (χ2v) is 4.71. The molecule has 1 aliphatic rings. The minimum Gasteiger partial charge on any atom is -0.492 e. The number of piperazine rings is 1. The molecule has 0 saturated carbocycles. The lowest BCUT2D eigenvalue weighted by Crippen LogP contribution is -2.47. The predicted molar refractivity (Wildman–Crippen MR) is 77.8 cm³/mol. The van der Waals surface area contributed by atoms with E-state index in [0.717, 1.165) is 44.2 Å². The summed E-state index contributed by atoms with van der Waals surface area (Å²) < 4.78 is 5.53. The first-order valence-corrected chi connectivity index (χ1v) is 6.85. The molecule has 0 spiro atoms. The molecule has 5 heteroatoms. The topological polar surface area (TPSA) is 62.0 Å². The number of aliphatic hydroxyl groups is 1. The number of nitrogens with zero attached hydrogens (tertiary/aromatic N) is 2. The molecule has 1 aromatic rings. The number of ether oxygens (including phenoxy) is 1. The smallest absolute Gasteiger partial charge is 0.144 e. The number of aliphatic hydroxyl groups excluding tert-OH is 1. The van der Waals surface area contributed by atoms with Crippen molar-refractivity contribution in [1.29, 1.82) is 0 Å². The fraction of sp³-hybridized carbons (Fsp3) is 0.571. The van der Waals surface area contributed by atoms with Gasteiger partial charge in [0.2, 0.25) is 0 Å². The summed E-state index contributed by atoms with van der Waals surface area (Å²) in [4.78, 5) is 4.60. The van der Waals surface area contributed by atoms with E-state index in [1.807, 2.05) is 25.1 Å². The van der Waals surface area contributed by atoms with E-state index in [1.54, 1.807) is 0 Å². The number of benzene rings is 1. The first kappa shape index (κ1) is 14.0. The van der Waals surface area contributed by atoms with Crippen LogP contribution in [0.15, 0.2) is 18.2 Å². The van der Waals surface area contributed by atoms with Crippen LogP contribution in [-0.4, -0.2) is 55.9 Å². The lowest BCUT2D eigenvalue weighted by molar-refractivity contribution is 0.189. The molecular formula is C14H23N3O2. The zero-order valence-electron chi connectivity index (χ0n) is 11.5. The van der Waals surface area contributed by atoms with Gasteiger partial charge in [-0.1, -0.05) is 0 Å². The van der Waals surface area contributed by atoms with Crippen LogP contribution in [0.4, 0.5) is 11.4 Å². The van der Waals surface area contributed by atoms with Crippen LogP contribution in [0.3, 0.4) is 0 Å². The SMILES string of the molecule is CCOc1cc(N2CCN(CCO)CC2)ccc1N. The molecule has 0 aromatic heterocycles. The third-order valence-electron chi connectivity index (χ3n) is 3.45. The molecule has 1 heterocycles. The Balaban J connectivity index is 2.01. The Morgan fingerprint density at radius 3 is 2.63 bits per heavy atom. The molecule has 3 N–H and O–H groups in total. The van der Waals surface area contributed by atoms with Crippen molar-refractivity contribution in [3.05, 3.63) is 18.2 Å². The molecule has 0 radical (unpaired) electrons. The minimum absolute atomic E-state index is 0.232. The number of hydrogen-bond donors (Lipinski definition) is 2. The average molecular weight is 265 g/mol. The van der Waals surface area contributed by atoms with E-state index >= 15 is 0 Å². The highest BCUT2D eigenvalue weighted by atomic mass is 16.5. The number of β-amino-alcohol motifs (C(OH)–C–C–N with tert-alkyl or cyclic N) is 1. The van der Waals surface area contributed by atoms with Gasteiger partial charge in [-0.2, -0.15) is 0 Å². The molecule has 0 aliphatic carbocycles. The fourth-order valence-corrected chi connectivity index (χ4v) is 2.37. The summed E-state index contributed by atoms with van der Waals surface area (Å²) in [6.07, 6.45) is 0. The third kappa shape index (κ3) is 3.52. The van der Waals surface area contributed by atoms with Crippen molar-refractivity contribution in [2.24, 2.45) is 0 Å². The quantitative estimate of drug-likeness (QED) is 0.771. The highest BCUT2D eigenvalue weighted by Crippen LogP contribution is 2.28. The normalized spacial score (nSPS) is 16.6. The maximum Gasteiger partial charge on any atom is 0.144 e. The highest BCUT2D eigenvalue weighted by Gasteiger charge is 2.17. The zero-order valence-corrected chi connectivity index (χ0v) is 11.5. The monoisotopic (exact) mass is 265 g/mol. The molecule has 19 heavy (non-hydrogen) atoms. The number of hydrogen-bond acceptors (Lipinski definition) is 5. The Morgan fingerprint density at radius 1 is 1.26 bits per heavy atom. The van der Waals surface area contributed by atoms with Gasteiger partial charge in [-0.3, -0.25) is 4.90 Å². The Hall–Kier alpha value is -1.46. The summed E-state index contributed by atoms with van der Waals surface area (Å²) in [6.45, 7) is 7.47. The van der Waals surface area contributed by atoms with Gasteiger partial charge in [-0.15, -0.1) is 0 Å². The molecule has 5 nitrogen and oxygen atoms in total. The first-order chi connectivity index (χ1) is 9.24. The summed E-state index contributed by atoms with van der Waals surface area (Å²) in [7, 11) is 0. The molecule has 0 amide bonds. The summed E-state index contributed by atoms with van der Waals surface area (Å²) in [5.41, 5.74) is 7.73. The van der Waals surface area contributed by atoms with E-state index in [-0.39, 0.29) is 6.61 Å². The van der Waals surface area contributed by atoms with E-state index in [4.69, 9.17) is 15.6 Å². The molecule has 1 aliphatic heterocycles. The summed E-state index contributed by atoms with van der Waals surface area (Å²) in [6, 6.07) is 5.96. The van der Waals surface area contributed by atoms with Crippen LogP contribution >= 0.6 is 0 Å². The van der Waals surface area contributed by atoms with Gasteiger partial charge >= 0.3 is 0 Å². The Bertz CT molecular complexity index is 404. The van der Waals surface area contributed by atoms with Crippen molar-refractivity contribution in [3.8, 4) is 5.75 Å². The maximum absolute atomic E-state index is 8.94. The lowest BCUT2D eigenvalue weighted by Gasteiger charge is -2.36. The van der Waals surface area contributed by atoms with Crippen LogP contribution in [0.5, 0.6) is 5.75 Å². The molecule has 1 saturated heterocycles. The van der Waals surface area contributed by atoms with Crippen LogP contribution in [0, 0.1) is 0 Å². The van der Waals surface area contributed by atoms with Gasteiger partial charge in [-0.05, 0) is 19.1 Å². The number of rotatable bonds is 5. The summed E-state index contributed by atoms with van der Waals surface area (Å²) >= 11 is 0. The second kappa shape index (κ2) is 6.63. The number of nitrogen functional groups attached to an aromatic ring is 1. The van der Waals surface area contributed by atoms with E-state index in [0.29, 0.717) is 12.3 Å². The van der Waals surface area contributed by atoms with Gasteiger partial charge in [0.25, 0.3) is 0 Å². The van der Waals surface area contributed by atoms with E-state index in [2.05, 4.69) is 9.80 Å². The molecule has 106 valence electrons. The number of nitrogens with two attached hydrogens (primary N) is 1. The highest BCUT2D eigenvalue weighted by molar-refractivity contribution is 5.62. The van der Waals surface area contributed by atoms with Crippen molar-refractivity contribution in [2.45, 2.75) is 6.92 Å². The standard InChI is InChI=1S/C14H23N3O2/c1-2-19-14-11-12(3-4-13(14)15)17-7-5-16(6-8-17)9-10-18/h3-4,11,18H,2,5-10,15H2,1H3. The maximum atomic E-state index is 8.94. The summed E-state index contributed by atoms with van der Waals surface area (Å²) in [5.74, 6) is 0.762. The van der Waals surface area contributed by atoms with Gasteiger partial charge in [0.05, 0.1) is 18.9 Å². The Labute approximate surface area is 114 Å². The van der Waals surface area contributed by atoms with Crippen LogP contribution in [0.1, 0.15) is 6.92 Å². The molecule has 2 rings (SSSR count). The van der Waals surface area contributed by atoms with Gasteiger partial charge in [0.1, 0.15) is 5.75 Å². The summed E-state index contributed by atoms with van der Waals surface area (Å²) in [5, 5.41) is 8.94. The van der Waals surface area contributed by atoms with Crippen molar-refractivity contribution < 1.29 is 9.84 Å². The van der Waals surface area contributed by atoms with Crippen LogP contribution < -0.4 is 15.4 Å². The molecule has 1 fully saturated rings. The lowest BCUT2D eigenvalue weighted by atomic mass is 10.2. The van der Waals surface area contributed by atoms with Crippen molar-refractivity contribution in [2.75, 3.05) is 56.6 Å². The van der Waals surface area contributed by atoms with Crippen LogP contribution in [-0.2, 0) is 0 Å². The number of anilines is 2. The van der Waals surface area contributed by atoms with Crippen molar-refractivity contribution >= 4 is 11.4 Å². The Kier molecular flexibility index (Phi) is 4.87. The van der Waals surface area contributed by atoms with Gasteiger partial charge in [0, 0.05) is 44.5 Å². The predicted octanol–water partition coefficient (Wildman–Crippen LogP) is 0.782. The first-order valence-electron chi connectivity index (χ1n) is 6.85.